The molecule has 0 saturated carbocycles. The molecule has 2 N–H and O–H groups in total. The molecule has 0 aliphatic rings. The monoisotopic (exact) mass is 437 g/mol. The number of amides is 2. The van der Waals surface area contributed by atoms with Crippen LogP contribution in [-0.4, -0.2) is 38.7 Å². The van der Waals surface area contributed by atoms with Gasteiger partial charge in [0.2, 0.25) is 5.91 Å². The lowest BCUT2D eigenvalue weighted by Crippen LogP contribution is -2.34. The first kappa shape index (κ1) is 22.0. The summed E-state index contributed by atoms with van der Waals surface area (Å²) in [6, 6.07) is 21.4. The van der Waals surface area contributed by atoms with E-state index in [2.05, 4.69) is 10.0 Å². The van der Waals surface area contributed by atoms with E-state index in [-0.39, 0.29) is 28.8 Å². The zero-order valence-electron chi connectivity index (χ0n) is 17.2. The van der Waals surface area contributed by atoms with E-state index in [1.807, 2.05) is 19.1 Å². The lowest BCUT2D eigenvalue weighted by Gasteiger charge is -2.17. The topological polar surface area (TPSA) is 95.6 Å². The molecular formula is C23H23N3O4S. The Hall–Kier alpha value is -3.65. The molecule has 3 rings (SSSR count). The number of anilines is 2. The maximum absolute atomic E-state index is 12.6. The number of nitrogens with zero attached hydrogens (tertiary/aromatic N) is 1. The molecule has 160 valence electrons. The lowest BCUT2D eigenvalue weighted by atomic mass is 10.2. The number of aryl methyl sites for hydroxylation is 1. The van der Waals surface area contributed by atoms with Gasteiger partial charge in [-0.15, -0.1) is 0 Å². The van der Waals surface area contributed by atoms with Crippen molar-refractivity contribution in [2.45, 2.75) is 11.8 Å². The van der Waals surface area contributed by atoms with Crippen molar-refractivity contribution >= 4 is 33.2 Å². The van der Waals surface area contributed by atoms with E-state index in [9.17, 15) is 18.0 Å². The molecule has 7 nitrogen and oxygen atoms in total. The van der Waals surface area contributed by atoms with E-state index < -0.39 is 10.0 Å². The van der Waals surface area contributed by atoms with Gasteiger partial charge in [0, 0.05) is 24.0 Å². The maximum atomic E-state index is 12.6. The van der Waals surface area contributed by atoms with Gasteiger partial charge in [0.05, 0.1) is 11.4 Å². The Morgan fingerprint density at radius 1 is 0.839 bits per heavy atom. The van der Waals surface area contributed by atoms with Crippen LogP contribution in [0.25, 0.3) is 0 Å². The largest absolute Gasteiger partial charge is 0.332 e. The summed E-state index contributed by atoms with van der Waals surface area (Å²) in [5, 5.41) is 2.74. The molecule has 0 radical (unpaired) electrons. The minimum Gasteiger partial charge on any atom is -0.332 e. The van der Waals surface area contributed by atoms with Crippen molar-refractivity contribution in [3.05, 3.63) is 90.0 Å². The molecule has 0 spiro atoms. The van der Waals surface area contributed by atoms with Gasteiger partial charge >= 0.3 is 0 Å². The zero-order valence-corrected chi connectivity index (χ0v) is 18.0. The van der Waals surface area contributed by atoms with Crippen LogP contribution in [0.5, 0.6) is 0 Å². The average molecular weight is 438 g/mol. The molecule has 0 aliphatic carbocycles. The van der Waals surface area contributed by atoms with Gasteiger partial charge in [0.25, 0.3) is 15.9 Å². The lowest BCUT2D eigenvalue weighted by molar-refractivity contribution is -0.116. The molecular weight excluding hydrogens is 414 g/mol. The Labute approximate surface area is 181 Å². The molecule has 2 amide bonds. The van der Waals surface area contributed by atoms with E-state index in [0.717, 1.165) is 5.56 Å². The molecule has 0 aromatic heterocycles. The van der Waals surface area contributed by atoms with Gasteiger partial charge in [-0.25, -0.2) is 8.42 Å². The summed E-state index contributed by atoms with van der Waals surface area (Å²) < 4.78 is 27.5. The van der Waals surface area contributed by atoms with Crippen LogP contribution in [0.3, 0.4) is 0 Å². The highest BCUT2D eigenvalue weighted by atomic mass is 32.2. The third kappa shape index (κ3) is 5.93. The number of sulfonamides is 1. The first-order chi connectivity index (χ1) is 14.7. The van der Waals surface area contributed by atoms with Gasteiger partial charge in [-0.3, -0.25) is 14.3 Å². The summed E-state index contributed by atoms with van der Waals surface area (Å²) in [6.07, 6.45) is 0. The van der Waals surface area contributed by atoms with Crippen molar-refractivity contribution < 1.29 is 18.0 Å². The molecule has 0 unspecified atom stereocenters. The third-order valence-electron chi connectivity index (χ3n) is 4.50. The van der Waals surface area contributed by atoms with Gasteiger partial charge in [-0.05, 0) is 55.5 Å². The highest BCUT2D eigenvalue weighted by Crippen LogP contribution is 2.17. The number of hydrogen-bond acceptors (Lipinski definition) is 4. The Morgan fingerprint density at radius 3 is 2.06 bits per heavy atom. The number of nitrogens with one attached hydrogen (secondary N) is 2. The second-order valence-corrected chi connectivity index (χ2v) is 8.75. The van der Waals surface area contributed by atoms with Crippen molar-refractivity contribution in [2.24, 2.45) is 0 Å². The number of rotatable bonds is 7. The van der Waals surface area contributed by atoms with Gasteiger partial charge in [-0.1, -0.05) is 35.9 Å². The predicted octanol–water partition coefficient (Wildman–Crippen LogP) is 3.51. The second-order valence-electron chi connectivity index (χ2n) is 7.07. The van der Waals surface area contributed by atoms with Crippen LogP contribution in [0, 0.1) is 6.92 Å². The van der Waals surface area contributed by atoms with Crippen molar-refractivity contribution in [3.63, 3.8) is 0 Å². The van der Waals surface area contributed by atoms with Crippen LogP contribution in [0.4, 0.5) is 11.4 Å². The van der Waals surface area contributed by atoms with Crippen LogP contribution >= 0.6 is 0 Å². The fourth-order valence-electron chi connectivity index (χ4n) is 2.84. The predicted molar refractivity (Wildman–Crippen MR) is 120 cm³/mol. The number of hydrogen-bond donors (Lipinski definition) is 2. The van der Waals surface area contributed by atoms with Crippen LogP contribution in [0.1, 0.15) is 15.9 Å². The summed E-state index contributed by atoms with van der Waals surface area (Å²) in [6.45, 7) is 1.81. The second kappa shape index (κ2) is 9.44. The SMILES string of the molecule is Cc1ccc(NC(=O)CN(C)C(=O)c2ccc(S(=O)(=O)Nc3ccccc3)cc2)cc1. The summed E-state index contributed by atoms with van der Waals surface area (Å²) in [5.41, 5.74) is 2.46. The number of likely N-dealkylation sites (N-methyl/N-ethyl adjacent to an activating group) is 1. The highest BCUT2D eigenvalue weighted by molar-refractivity contribution is 7.92. The van der Waals surface area contributed by atoms with E-state index in [0.29, 0.717) is 11.4 Å². The van der Waals surface area contributed by atoms with E-state index in [1.54, 1.807) is 42.5 Å². The summed E-state index contributed by atoms with van der Waals surface area (Å²) >= 11 is 0. The molecule has 0 saturated heterocycles. The summed E-state index contributed by atoms with van der Waals surface area (Å²) in [4.78, 5) is 26.1. The quantitative estimate of drug-likeness (QED) is 0.591. The molecule has 0 heterocycles. The van der Waals surface area contributed by atoms with Crippen molar-refractivity contribution in [3.8, 4) is 0 Å². The number of para-hydroxylation sites is 1. The van der Waals surface area contributed by atoms with Crippen LogP contribution in [0.15, 0.2) is 83.8 Å². The highest BCUT2D eigenvalue weighted by Gasteiger charge is 2.18. The normalized spacial score (nSPS) is 10.9. The number of benzene rings is 3. The number of carbonyl (C=O) groups is 2. The van der Waals surface area contributed by atoms with Crippen molar-refractivity contribution in [2.75, 3.05) is 23.6 Å². The van der Waals surface area contributed by atoms with E-state index in [1.165, 1.54) is 36.2 Å². The Balaban J connectivity index is 1.62. The standard InChI is InChI=1S/C23H23N3O4S/c1-17-8-12-19(13-9-17)24-22(27)16-26(2)23(28)18-10-14-21(15-11-18)31(29,30)25-20-6-4-3-5-7-20/h3-15,25H,16H2,1-2H3,(H,24,27). The third-order valence-corrected chi connectivity index (χ3v) is 5.90. The molecule has 31 heavy (non-hydrogen) atoms. The Morgan fingerprint density at radius 2 is 1.45 bits per heavy atom. The Bertz CT molecular complexity index is 1160. The van der Waals surface area contributed by atoms with Crippen molar-refractivity contribution in [1.29, 1.82) is 0 Å². The minimum absolute atomic E-state index is 0.0349. The maximum Gasteiger partial charge on any atom is 0.261 e. The smallest absolute Gasteiger partial charge is 0.261 e. The molecule has 3 aromatic rings. The van der Waals surface area contributed by atoms with Gasteiger partial charge in [0.1, 0.15) is 0 Å². The van der Waals surface area contributed by atoms with E-state index in [4.69, 9.17) is 0 Å². The minimum atomic E-state index is -3.77. The van der Waals surface area contributed by atoms with Gasteiger partial charge < -0.3 is 10.2 Å². The zero-order chi connectivity index (χ0) is 22.4. The molecule has 0 bridgehead atoms. The molecule has 0 fully saturated rings. The number of carbonyl (C=O) groups excluding carboxylic acids is 2. The van der Waals surface area contributed by atoms with Crippen molar-refractivity contribution in [1.82, 2.24) is 4.90 Å². The van der Waals surface area contributed by atoms with Gasteiger partial charge in [-0.2, -0.15) is 0 Å². The van der Waals surface area contributed by atoms with Crippen LogP contribution < -0.4 is 10.0 Å². The van der Waals surface area contributed by atoms with E-state index >= 15 is 0 Å². The molecule has 8 heteroatoms. The average Bonchev–Trinajstić information content (AvgIpc) is 2.75. The summed E-state index contributed by atoms with van der Waals surface area (Å²) in [5.74, 6) is -0.718. The summed E-state index contributed by atoms with van der Waals surface area (Å²) in [7, 11) is -2.26. The van der Waals surface area contributed by atoms with Gasteiger partial charge in [0.15, 0.2) is 0 Å². The first-order valence-corrected chi connectivity index (χ1v) is 11.0. The van der Waals surface area contributed by atoms with Crippen LogP contribution in [-0.2, 0) is 14.8 Å². The molecule has 0 aliphatic heterocycles. The fourth-order valence-corrected chi connectivity index (χ4v) is 3.90. The Kier molecular flexibility index (Phi) is 6.71. The molecule has 0 atom stereocenters. The first-order valence-electron chi connectivity index (χ1n) is 9.54. The molecule has 3 aromatic carbocycles. The van der Waals surface area contributed by atoms with Crippen LogP contribution in [0.2, 0.25) is 0 Å². The fraction of sp³-hybridized carbons (Fsp3) is 0.130.